The summed E-state index contributed by atoms with van der Waals surface area (Å²) in [6.07, 6.45) is 0. The standard InChI is InChI=1S/C4H4O2SSe.Li/c5-7(6)4-2-1-3-8-4;/h1-3H,(H,5,6);/q;+1/p-1. The van der Waals surface area contributed by atoms with Crippen molar-refractivity contribution in [2.24, 2.45) is 0 Å². The fourth-order valence-corrected chi connectivity index (χ4v) is 2.35. The van der Waals surface area contributed by atoms with Crippen LogP contribution in [0.2, 0.25) is 0 Å². The monoisotopic (exact) mass is 202 g/mol. The van der Waals surface area contributed by atoms with E-state index in [-0.39, 0.29) is 33.4 Å². The molecule has 0 aliphatic carbocycles. The third kappa shape index (κ3) is 2.86. The van der Waals surface area contributed by atoms with E-state index in [1.807, 2.05) is 4.94 Å². The summed E-state index contributed by atoms with van der Waals surface area (Å²) < 4.78 is 20.8. The molecule has 1 heterocycles. The SMILES string of the molecule is O=S([O-])c1ccc[se]1.[Li+]. The Morgan fingerprint density at radius 1 is 1.67 bits per heavy atom. The minimum atomic E-state index is -1.96. The molecule has 0 amide bonds. The van der Waals surface area contributed by atoms with Crippen molar-refractivity contribution in [3.05, 3.63) is 17.1 Å². The maximum absolute atomic E-state index is 10.1. The molecule has 0 spiro atoms. The van der Waals surface area contributed by atoms with E-state index in [4.69, 9.17) is 0 Å². The van der Waals surface area contributed by atoms with Crippen LogP contribution in [0.4, 0.5) is 0 Å². The second kappa shape index (κ2) is 4.51. The Morgan fingerprint density at radius 2 is 2.33 bits per heavy atom. The molecule has 1 aromatic rings. The molecule has 0 fully saturated rings. The van der Waals surface area contributed by atoms with Gasteiger partial charge in [0, 0.05) is 0 Å². The first kappa shape index (κ1) is 9.71. The summed E-state index contributed by atoms with van der Waals surface area (Å²) in [6.45, 7) is 0. The third-order valence-corrected chi connectivity index (χ3v) is 3.87. The molecule has 1 aromatic heterocycles. The van der Waals surface area contributed by atoms with Crippen molar-refractivity contribution in [3.8, 4) is 0 Å². The number of hydrogen-bond donors (Lipinski definition) is 0. The first-order valence-electron chi connectivity index (χ1n) is 1.93. The molecule has 0 aliphatic rings. The quantitative estimate of drug-likeness (QED) is 0.358. The van der Waals surface area contributed by atoms with Crippen LogP contribution in [0.15, 0.2) is 20.8 Å². The predicted octanol–water partition coefficient (Wildman–Crippen LogP) is -3.01. The van der Waals surface area contributed by atoms with Gasteiger partial charge >= 0.3 is 74.0 Å². The maximum atomic E-state index is 10.1. The van der Waals surface area contributed by atoms with E-state index in [0.717, 1.165) is 0 Å². The van der Waals surface area contributed by atoms with Gasteiger partial charge in [0.1, 0.15) is 0 Å². The molecule has 1 rings (SSSR count). The molecule has 0 saturated heterocycles. The van der Waals surface area contributed by atoms with Crippen molar-refractivity contribution in [1.82, 2.24) is 0 Å². The fourth-order valence-electron chi connectivity index (χ4n) is 0.358. The summed E-state index contributed by atoms with van der Waals surface area (Å²) >= 11 is -1.89. The molecule has 0 radical (unpaired) electrons. The molecule has 0 saturated carbocycles. The van der Waals surface area contributed by atoms with Gasteiger partial charge in [0.15, 0.2) is 0 Å². The summed E-state index contributed by atoms with van der Waals surface area (Å²) in [5, 5.41) is 0. The zero-order valence-corrected chi connectivity index (χ0v) is 7.39. The van der Waals surface area contributed by atoms with E-state index in [0.29, 0.717) is 3.77 Å². The van der Waals surface area contributed by atoms with E-state index in [1.54, 1.807) is 12.1 Å². The van der Waals surface area contributed by atoms with Gasteiger partial charge in [-0.25, -0.2) is 0 Å². The van der Waals surface area contributed by atoms with Gasteiger partial charge in [-0.05, 0) is 0 Å². The van der Waals surface area contributed by atoms with Gasteiger partial charge in [0.2, 0.25) is 0 Å². The fraction of sp³-hybridized carbons (Fsp3) is 0. The molecule has 9 heavy (non-hydrogen) atoms. The number of hydrogen-bond acceptors (Lipinski definition) is 2. The number of rotatable bonds is 1. The van der Waals surface area contributed by atoms with E-state index in [1.165, 1.54) is 0 Å². The van der Waals surface area contributed by atoms with Crippen LogP contribution in [0.3, 0.4) is 0 Å². The summed E-state index contributed by atoms with van der Waals surface area (Å²) in [7, 11) is 0. The Balaban J connectivity index is 0.000000640. The van der Waals surface area contributed by atoms with Gasteiger partial charge in [-0.3, -0.25) is 0 Å². The smallest absolute Gasteiger partial charge is 1.00 e. The normalized spacial score (nSPS) is 12.1. The van der Waals surface area contributed by atoms with Gasteiger partial charge in [-0.15, -0.1) is 0 Å². The van der Waals surface area contributed by atoms with Crippen molar-refractivity contribution in [3.63, 3.8) is 0 Å². The third-order valence-electron chi connectivity index (χ3n) is 0.659. The van der Waals surface area contributed by atoms with Crippen LogP contribution in [0.25, 0.3) is 0 Å². The van der Waals surface area contributed by atoms with E-state index in [9.17, 15) is 8.76 Å². The molecule has 0 aliphatic heterocycles. The molecular formula is C4H3LiO2SSe. The van der Waals surface area contributed by atoms with Crippen LogP contribution in [0.1, 0.15) is 0 Å². The molecule has 0 N–H and O–H groups in total. The maximum Gasteiger partial charge on any atom is 1.00 e. The summed E-state index contributed by atoms with van der Waals surface area (Å²) in [4.78, 5) is 1.87. The summed E-state index contributed by atoms with van der Waals surface area (Å²) in [5.74, 6) is 0. The Bertz CT molecular complexity index is 186. The van der Waals surface area contributed by atoms with Crippen LogP contribution in [0, 0.1) is 0 Å². The Kier molecular flexibility index (Phi) is 4.87. The van der Waals surface area contributed by atoms with E-state index < -0.39 is 11.1 Å². The zero-order valence-electron chi connectivity index (χ0n) is 4.87. The molecule has 0 bridgehead atoms. The van der Waals surface area contributed by atoms with Crippen molar-refractivity contribution < 1.29 is 27.6 Å². The van der Waals surface area contributed by atoms with Gasteiger partial charge < -0.3 is 0 Å². The molecule has 0 aromatic carbocycles. The minimum Gasteiger partial charge on any atom is 1.00 e. The summed E-state index contributed by atoms with van der Waals surface area (Å²) in [5.41, 5.74) is 0. The van der Waals surface area contributed by atoms with Crippen LogP contribution >= 0.6 is 0 Å². The molecule has 1 unspecified atom stereocenters. The Hall–Kier alpha value is 0.707. The van der Waals surface area contributed by atoms with Gasteiger partial charge in [-0.1, -0.05) is 0 Å². The zero-order chi connectivity index (χ0) is 5.98. The van der Waals surface area contributed by atoms with E-state index >= 15 is 0 Å². The molecule has 44 valence electrons. The van der Waals surface area contributed by atoms with Crippen molar-refractivity contribution >= 4 is 25.6 Å². The van der Waals surface area contributed by atoms with Crippen molar-refractivity contribution in [2.45, 2.75) is 3.77 Å². The molecule has 1 atom stereocenters. The first-order valence-corrected chi connectivity index (χ1v) is 4.85. The summed E-state index contributed by atoms with van der Waals surface area (Å²) in [6, 6.07) is 3.40. The largest absolute Gasteiger partial charge is 1.00 e. The van der Waals surface area contributed by atoms with Crippen molar-refractivity contribution in [1.29, 1.82) is 0 Å². The van der Waals surface area contributed by atoms with Crippen LogP contribution in [-0.2, 0) is 11.1 Å². The Labute approximate surface area is 73.9 Å². The van der Waals surface area contributed by atoms with Crippen LogP contribution in [0.5, 0.6) is 0 Å². The second-order valence-corrected chi connectivity index (χ2v) is 4.65. The molecule has 5 heteroatoms. The second-order valence-electron chi connectivity index (χ2n) is 1.17. The van der Waals surface area contributed by atoms with Crippen molar-refractivity contribution in [2.75, 3.05) is 0 Å². The predicted molar refractivity (Wildman–Crippen MR) is 30.6 cm³/mol. The van der Waals surface area contributed by atoms with Gasteiger partial charge in [0.25, 0.3) is 0 Å². The topological polar surface area (TPSA) is 40.1 Å². The average molecular weight is 201 g/mol. The van der Waals surface area contributed by atoms with Crippen LogP contribution < -0.4 is 18.9 Å². The first-order chi connectivity index (χ1) is 3.80. The average Bonchev–Trinajstić information content (AvgIpc) is 2.12. The van der Waals surface area contributed by atoms with Crippen LogP contribution in [-0.4, -0.2) is 23.3 Å². The molecular weight excluding hydrogens is 198 g/mol. The van der Waals surface area contributed by atoms with Gasteiger partial charge in [0.05, 0.1) is 0 Å². The van der Waals surface area contributed by atoms with Gasteiger partial charge in [-0.2, -0.15) is 0 Å². The minimum absolute atomic E-state index is 0. The molecule has 2 nitrogen and oxygen atoms in total. The van der Waals surface area contributed by atoms with E-state index in [2.05, 4.69) is 0 Å². The Morgan fingerprint density at radius 3 is 2.56 bits per heavy atom.